The number of hydrogen-bond donors (Lipinski definition) is 1. The molecule has 2 unspecified atom stereocenters. The number of fused-ring (bicyclic) bond motifs is 1. The summed E-state index contributed by atoms with van der Waals surface area (Å²) >= 11 is 0. The highest BCUT2D eigenvalue weighted by Gasteiger charge is 2.34. The SMILES string of the molecule is CC1CN2CCCC2CN1CCC(=O)N(C)CCCN. The third-order valence-corrected chi connectivity index (χ3v) is 4.80. The molecule has 0 spiro atoms. The lowest BCUT2D eigenvalue weighted by Gasteiger charge is -2.42. The standard InChI is InChI=1S/C15H30N4O/c1-13-11-19-9-3-5-14(19)12-18(13)10-6-15(20)17(2)8-4-7-16/h13-14H,3-12,16H2,1-2H3. The van der Waals surface area contributed by atoms with E-state index in [1.165, 1.54) is 25.9 Å². The Morgan fingerprint density at radius 2 is 2.20 bits per heavy atom. The van der Waals surface area contributed by atoms with Gasteiger partial charge in [-0.3, -0.25) is 14.6 Å². The average Bonchev–Trinajstić information content (AvgIpc) is 2.88. The quantitative estimate of drug-likeness (QED) is 0.764. The van der Waals surface area contributed by atoms with E-state index in [2.05, 4.69) is 16.7 Å². The summed E-state index contributed by atoms with van der Waals surface area (Å²) in [4.78, 5) is 19.0. The van der Waals surface area contributed by atoms with Crippen molar-refractivity contribution in [3.8, 4) is 0 Å². The number of hydrogen-bond acceptors (Lipinski definition) is 4. The van der Waals surface area contributed by atoms with E-state index < -0.39 is 0 Å². The van der Waals surface area contributed by atoms with Crippen LogP contribution in [0.5, 0.6) is 0 Å². The van der Waals surface area contributed by atoms with Crippen LogP contribution in [0.4, 0.5) is 0 Å². The molecule has 0 radical (unpaired) electrons. The lowest BCUT2D eigenvalue weighted by Crippen LogP contribution is -2.55. The molecule has 0 saturated carbocycles. The Bertz CT molecular complexity index is 323. The van der Waals surface area contributed by atoms with Crippen molar-refractivity contribution in [2.45, 2.75) is 44.7 Å². The molecule has 1 amide bonds. The molecule has 2 fully saturated rings. The first-order chi connectivity index (χ1) is 9.61. The highest BCUT2D eigenvalue weighted by molar-refractivity contribution is 5.76. The van der Waals surface area contributed by atoms with E-state index in [4.69, 9.17) is 5.73 Å². The molecule has 2 aliphatic heterocycles. The molecule has 2 atom stereocenters. The van der Waals surface area contributed by atoms with Crippen molar-refractivity contribution >= 4 is 5.91 Å². The number of nitrogens with zero attached hydrogens (tertiary/aromatic N) is 3. The second-order valence-electron chi connectivity index (χ2n) is 6.34. The van der Waals surface area contributed by atoms with Gasteiger partial charge in [-0.05, 0) is 39.3 Å². The van der Waals surface area contributed by atoms with Crippen molar-refractivity contribution in [2.75, 3.05) is 46.3 Å². The Morgan fingerprint density at radius 3 is 2.95 bits per heavy atom. The number of piperazine rings is 1. The van der Waals surface area contributed by atoms with Gasteiger partial charge in [-0.25, -0.2) is 0 Å². The van der Waals surface area contributed by atoms with Gasteiger partial charge in [0.1, 0.15) is 0 Å². The molecule has 2 rings (SSSR count). The zero-order chi connectivity index (χ0) is 14.5. The molecule has 2 saturated heterocycles. The second kappa shape index (κ2) is 7.38. The first kappa shape index (κ1) is 15.7. The normalized spacial score (nSPS) is 27.6. The Kier molecular flexibility index (Phi) is 5.81. The minimum atomic E-state index is 0.250. The lowest BCUT2D eigenvalue weighted by atomic mass is 10.1. The maximum atomic E-state index is 12.1. The van der Waals surface area contributed by atoms with Crippen molar-refractivity contribution in [1.29, 1.82) is 0 Å². The zero-order valence-corrected chi connectivity index (χ0v) is 13.1. The van der Waals surface area contributed by atoms with Crippen LogP contribution < -0.4 is 5.73 Å². The number of carbonyl (C=O) groups is 1. The maximum Gasteiger partial charge on any atom is 0.223 e. The molecule has 0 aliphatic carbocycles. The van der Waals surface area contributed by atoms with Gasteiger partial charge >= 0.3 is 0 Å². The number of nitrogens with two attached hydrogens (primary N) is 1. The van der Waals surface area contributed by atoms with Gasteiger partial charge in [-0.15, -0.1) is 0 Å². The van der Waals surface area contributed by atoms with Gasteiger partial charge in [0.15, 0.2) is 0 Å². The molecule has 2 heterocycles. The van der Waals surface area contributed by atoms with Crippen molar-refractivity contribution in [1.82, 2.24) is 14.7 Å². The molecule has 0 aromatic heterocycles. The summed E-state index contributed by atoms with van der Waals surface area (Å²) in [5.41, 5.74) is 5.48. The summed E-state index contributed by atoms with van der Waals surface area (Å²) in [6, 6.07) is 1.31. The lowest BCUT2D eigenvalue weighted by molar-refractivity contribution is -0.130. The Labute approximate surface area is 123 Å². The molecular weight excluding hydrogens is 252 g/mol. The van der Waals surface area contributed by atoms with E-state index in [1.807, 2.05) is 11.9 Å². The fraction of sp³-hybridized carbons (Fsp3) is 0.933. The third kappa shape index (κ3) is 3.93. The van der Waals surface area contributed by atoms with Crippen LogP contribution in [0, 0.1) is 0 Å². The molecule has 20 heavy (non-hydrogen) atoms. The molecular formula is C15H30N4O. The summed E-state index contributed by atoms with van der Waals surface area (Å²) in [6.45, 7) is 8.19. The largest absolute Gasteiger partial charge is 0.346 e. The summed E-state index contributed by atoms with van der Waals surface area (Å²) in [5.74, 6) is 0.250. The predicted octanol–water partition coefficient (Wildman–Crippen LogP) is 0.352. The van der Waals surface area contributed by atoms with E-state index in [9.17, 15) is 4.79 Å². The summed E-state index contributed by atoms with van der Waals surface area (Å²) in [7, 11) is 1.89. The van der Waals surface area contributed by atoms with Crippen LogP contribution in [0.3, 0.4) is 0 Å². The van der Waals surface area contributed by atoms with E-state index in [-0.39, 0.29) is 5.91 Å². The van der Waals surface area contributed by atoms with E-state index >= 15 is 0 Å². The Morgan fingerprint density at radius 1 is 1.40 bits per heavy atom. The summed E-state index contributed by atoms with van der Waals surface area (Å²) in [6.07, 6.45) is 4.19. The van der Waals surface area contributed by atoms with Crippen LogP contribution in [0.2, 0.25) is 0 Å². The highest BCUT2D eigenvalue weighted by atomic mass is 16.2. The van der Waals surface area contributed by atoms with Crippen molar-refractivity contribution in [3.05, 3.63) is 0 Å². The van der Waals surface area contributed by atoms with Gasteiger partial charge in [0, 0.05) is 51.7 Å². The van der Waals surface area contributed by atoms with E-state index in [1.54, 1.807) is 0 Å². The number of amides is 1. The van der Waals surface area contributed by atoms with E-state index in [0.717, 1.165) is 32.1 Å². The highest BCUT2D eigenvalue weighted by Crippen LogP contribution is 2.24. The molecule has 2 aliphatic rings. The molecule has 0 aromatic carbocycles. The van der Waals surface area contributed by atoms with Gasteiger partial charge in [0.25, 0.3) is 0 Å². The molecule has 5 nitrogen and oxygen atoms in total. The fourth-order valence-electron chi connectivity index (χ4n) is 3.44. The Hall–Kier alpha value is -0.650. The predicted molar refractivity (Wildman–Crippen MR) is 81.6 cm³/mol. The molecule has 2 N–H and O–H groups in total. The molecule has 0 aromatic rings. The van der Waals surface area contributed by atoms with Gasteiger partial charge in [-0.2, -0.15) is 0 Å². The van der Waals surface area contributed by atoms with Crippen LogP contribution >= 0.6 is 0 Å². The second-order valence-corrected chi connectivity index (χ2v) is 6.34. The first-order valence-electron chi connectivity index (χ1n) is 8.04. The van der Waals surface area contributed by atoms with Gasteiger partial charge in [0.05, 0.1) is 0 Å². The third-order valence-electron chi connectivity index (χ3n) is 4.80. The smallest absolute Gasteiger partial charge is 0.223 e. The molecule has 0 bridgehead atoms. The Balaban J connectivity index is 1.74. The maximum absolute atomic E-state index is 12.1. The minimum absolute atomic E-state index is 0.250. The fourth-order valence-corrected chi connectivity index (χ4v) is 3.44. The molecule has 116 valence electrons. The van der Waals surface area contributed by atoms with Crippen LogP contribution in [-0.4, -0.2) is 79.0 Å². The van der Waals surface area contributed by atoms with Crippen LogP contribution in [0.1, 0.15) is 32.6 Å². The van der Waals surface area contributed by atoms with E-state index in [0.29, 0.717) is 19.0 Å². The number of rotatable bonds is 6. The van der Waals surface area contributed by atoms with Crippen molar-refractivity contribution < 1.29 is 4.79 Å². The van der Waals surface area contributed by atoms with Crippen molar-refractivity contribution in [3.63, 3.8) is 0 Å². The zero-order valence-electron chi connectivity index (χ0n) is 13.1. The summed E-state index contributed by atoms with van der Waals surface area (Å²) < 4.78 is 0. The topological polar surface area (TPSA) is 52.8 Å². The summed E-state index contributed by atoms with van der Waals surface area (Å²) in [5, 5.41) is 0. The van der Waals surface area contributed by atoms with Gasteiger partial charge < -0.3 is 10.6 Å². The van der Waals surface area contributed by atoms with Gasteiger partial charge in [0.2, 0.25) is 5.91 Å². The molecule has 5 heteroatoms. The van der Waals surface area contributed by atoms with Crippen LogP contribution in [-0.2, 0) is 4.79 Å². The average molecular weight is 282 g/mol. The van der Waals surface area contributed by atoms with Crippen LogP contribution in [0.15, 0.2) is 0 Å². The van der Waals surface area contributed by atoms with Crippen LogP contribution in [0.25, 0.3) is 0 Å². The first-order valence-corrected chi connectivity index (χ1v) is 8.04. The van der Waals surface area contributed by atoms with Gasteiger partial charge in [-0.1, -0.05) is 0 Å². The van der Waals surface area contributed by atoms with Crippen molar-refractivity contribution in [2.24, 2.45) is 5.73 Å². The monoisotopic (exact) mass is 282 g/mol. The number of carbonyl (C=O) groups excluding carboxylic acids is 1. The minimum Gasteiger partial charge on any atom is -0.346 e.